The van der Waals surface area contributed by atoms with Gasteiger partial charge in [0.1, 0.15) is 0 Å². The third-order valence-corrected chi connectivity index (χ3v) is 3.99. The Morgan fingerprint density at radius 3 is 3.06 bits per heavy atom. The zero-order chi connectivity index (χ0) is 12.3. The molecule has 92 valence electrons. The summed E-state index contributed by atoms with van der Waals surface area (Å²) in [6.07, 6.45) is 1.02. The van der Waals surface area contributed by atoms with Crippen LogP contribution in [0.4, 0.5) is 0 Å². The Kier molecular flexibility index (Phi) is 4.42. The third-order valence-electron chi connectivity index (χ3n) is 2.76. The Morgan fingerprint density at radius 1 is 1.59 bits per heavy atom. The van der Waals surface area contributed by atoms with Gasteiger partial charge >= 0.3 is 0 Å². The van der Waals surface area contributed by atoms with Gasteiger partial charge in [-0.2, -0.15) is 0 Å². The van der Waals surface area contributed by atoms with Crippen LogP contribution in [-0.2, 0) is 4.74 Å². The van der Waals surface area contributed by atoms with Gasteiger partial charge < -0.3 is 10.1 Å². The standard InChI is InChI=1S/C12H13BrClNO2/c13-10-2-1-9(5-11(10)14)12(16)15-6-8-3-4-17-7-8/h1-2,5,8H,3-4,6-7H2,(H,15,16). The van der Waals surface area contributed by atoms with Gasteiger partial charge in [-0.3, -0.25) is 4.79 Å². The Bertz CT molecular complexity index is 419. The molecule has 0 spiro atoms. The summed E-state index contributed by atoms with van der Waals surface area (Å²) in [6.45, 7) is 2.19. The van der Waals surface area contributed by atoms with Gasteiger partial charge in [0.15, 0.2) is 0 Å². The lowest BCUT2D eigenvalue weighted by Crippen LogP contribution is -2.29. The van der Waals surface area contributed by atoms with Crippen LogP contribution in [0, 0.1) is 5.92 Å². The van der Waals surface area contributed by atoms with Crippen molar-refractivity contribution in [1.29, 1.82) is 0 Å². The van der Waals surface area contributed by atoms with Gasteiger partial charge in [0.2, 0.25) is 0 Å². The van der Waals surface area contributed by atoms with E-state index in [1.54, 1.807) is 18.2 Å². The Morgan fingerprint density at radius 2 is 2.41 bits per heavy atom. The Balaban J connectivity index is 1.92. The maximum atomic E-state index is 11.8. The molecule has 0 saturated carbocycles. The number of nitrogens with one attached hydrogen (secondary N) is 1. The second-order valence-electron chi connectivity index (χ2n) is 4.07. The molecule has 1 aliphatic rings. The maximum Gasteiger partial charge on any atom is 0.251 e. The number of rotatable bonds is 3. The van der Waals surface area contributed by atoms with E-state index in [1.807, 2.05) is 0 Å². The fourth-order valence-corrected chi connectivity index (χ4v) is 2.15. The van der Waals surface area contributed by atoms with E-state index < -0.39 is 0 Å². The first-order valence-corrected chi connectivity index (χ1v) is 6.65. The van der Waals surface area contributed by atoms with Gasteiger partial charge in [0, 0.05) is 29.1 Å². The SMILES string of the molecule is O=C(NCC1CCOC1)c1ccc(Br)c(Cl)c1. The number of hydrogen-bond acceptors (Lipinski definition) is 2. The van der Waals surface area contributed by atoms with Crippen molar-refractivity contribution < 1.29 is 9.53 Å². The van der Waals surface area contributed by atoms with Crippen LogP contribution in [0.3, 0.4) is 0 Å². The van der Waals surface area contributed by atoms with Crippen LogP contribution in [-0.4, -0.2) is 25.7 Å². The molecule has 1 unspecified atom stereocenters. The van der Waals surface area contributed by atoms with Crippen LogP contribution < -0.4 is 5.32 Å². The highest BCUT2D eigenvalue weighted by Crippen LogP contribution is 2.23. The van der Waals surface area contributed by atoms with Crippen molar-refractivity contribution in [1.82, 2.24) is 5.32 Å². The first kappa shape index (κ1) is 12.9. The highest BCUT2D eigenvalue weighted by atomic mass is 79.9. The molecule has 1 aromatic rings. The van der Waals surface area contributed by atoms with E-state index in [-0.39, 0.29) is 5.91 Å². The molecule has 1 aliphatic heterocycles. The molecule has 1 saturated heterocycles. The molecule has 0 radical (unpaired) electrons. The predicted octanol–water partition coefficient (Wildman–Crippen LogP) is 2.87. The minimum absolute atomic E-state index is 0.0914. The molecule has 2 rings (SSSR count). The summed E-state index contributed by atoms with van der Waals surface area (Å²) in [4.78, 5) is 11.8. The summed E-state index contributed by atoms with van der Waals surface area (Å²) in [6, 6.07) is 5.18. The lowest BCUT2D eigenvalue weighted by molar-refractivity contribution is 0.0945. The topological polar surface area (TPSA) is 38.3 Å². The Hall–Kier alpha value is -0.580. The monoisotopic (exact) mass is 317 g/mol. The van der Waals surface area contributed by atoms with Crippen molar-refractivity contribution in [2.45, 2.75) is 6.42 Å². The molecule has 0 aromatic heterocycles. The molecule has 1 heterocycles. The zero-order valence-electron chi connectivity index (χ0n) is 9.21. The number of amides is 1. The van der Waals surface area contributed by atoms with Gasteiger partial charge in [-0.25, -0.2) is 0 Å². The first-order valence-electron chi connectivity index (χ1n) is 5.48. The molecule has 3 nitrogen and oxygen atoms in total. The molecule has 1 atom stereocenters. The third kappa shape index (κ3) is 3.44. The highest BCUT2D eigenvalue weighted by molar-refractivity contribution is 9.10. The molecule has 1 amide bonds. The van der Waals surface area contributed by atoms with Crippen molar-refractivity contribution in [3.63, 3.8) is 0 Å². The molecular formula is C12H13BrClNO2. The highest BCUT2D eigenvalue weighted by Gasteiger charge is 2.16. The molecule has 1 fully saturated rings. The van der Waals surface area contributed by atoms with E-state index in [2.05, 4.69) is 21.2 Å². The van der Waals surface area contributed by atoms with E-state index in [0.717, 1.165) is 24.1 Å². The minimum Gasteiger partial charge on any atom is -0.381 e. The van der Waals surface area contributed by atoms with E-state index in [0.29, 0.717) is 23.0 Å². The van der Waals surface area contributed by atoms with Crippen molar-refractivity contribution >= 4 is 33.4 Å². The van der Waals surface area contributed by atoms with Crippen LogP contribution in [0.15, 0.2) is 22.7 Å². The molecule has 17 heavy (non-hydrogen) atoms. The number of halogens is 2. The van der Waals surface area contributed by atoms with Gasteiger partial charge in [-0.1, -0.05) is 11.6 Å². The first-order chi connectivity index (χ1) is 8.16. The average molecular weight is 319 g/mol. The fourth-order valence-electron chi connectivity index (χ4n) is 1.72. The fraction of sp³-hybridized carbons (Fsp3) is 0.417. The summed E-state index contributed by atoms with van der Waals surface area (Å²) >= 11 is 9.23. The summed E-state index contributed by atoms with van der Waals surface area (Å²) in [5, 5.41) is 3.44. The van der Waals surface area contributed by atoms with E-state index in [9.17, 15) is 4.79 Å². The van der Waals surface area contributed by atoms with Gasteiger partial charge in [0.05, 0.1) is 11.6 Å². The lowest BCUT2D eigenvalue weighted by atomic mass is 10.1. The summed E-state index contributed by atoms with van der Waals surface area (Å²) < 4.78 is 6.04. The maximum absolute atomic E-state index is 11.8. The molecule has 0 bridgehead atoms. The number of hydrogen-bond donors (Lipinski definition) is 1. The molecular weight excluding hydrogens is 305 g/mol. The van der Waals surface area contributed by atoms with Gasteiger partial charge in [-0.05, 0) is 40.5 Å². The van der Waals surface area contributed by atoms with E-state index in [1.165, 1.54) is 0 Å². The largest absolute Gasteiger partial charge is 0.381 e. The normalized spacial score (nSPS) is 19.3. The second kappa shape index (κ2) is 5.85. The molecule has 5 heteroatoms. The average Bonchev–Trinajstić information content (AvgIpc) is 2.82. The lowest BCUT2D eigenvalue weighted by Gasteiger charge is -2.09. The molecule has 0 aliphatic carbocycles. The van der Waals surface area contributed by atoms with Crippen LogP contribution in [0.5, 0.6) is 0 Å². The van der Waals surface area contributed by atoms with Gasteiger partial charge in [-0.15, -0.1) is 0 Å². The van der Waals surface area contributed by atoms with Crippen LogP contribution in [0.2, 0.25) is 5.02 Å². The Labute approximate surface area is 114 Å². The van der Waals surface area contributed by atoms with Crippen LogP contribution >= 0.6 is 27.5 Å². The summed E-state index contributed by atoms with van der Waals surface area (Å²) in [7, 11) is 0. The number of carbonyl (C=O) groups is 1. The van der Waals surface area contributed by atoms with E-state index >= 15 is 0 Å². The number of benzene rings is 1. The predicted molar refractivity (Wildman–Crippen MR) is 70.4 cm³/mol. The quantitative estimate of drug-likeness (QED) is 0.930. The van der Waals surface area contributed by atoms with Crippen LogP contribution in [0.1, 0.15) is 16.8 Å². The molecule has 1 N–H and O–H groups in total. The van der Waals surface area contributed by atoms with Gasteiger partial charge in [0.25, 0.3) is 5.91 Å². The smallest absolute Gasteiger partial charge is 0.251 e. The number of carbonyl (C=O) groups excluding carboxylic acids is 1. The van der Waals surface area contributed by atoms with Crippen molar-refractivity contribution in [3.05, 3.63) is 33.3 Å². The second-order valence-corrected chi connectivity index (χ2v) is 5.33. The van der Waals surface area contributed by atoms with Crippen LogP contribution in [0.25, 0.3) is 0 Å². The van der Waals surface area contributed by atoms with Crippen molar-refractivity contribution in [2.24, 2.45) is 5.92 Å². The van der Waals surface area contributed by atoms with Crippen molar-refractivity contribution in [3.8, 4) is 0 Å². The zero-order valence-corrected chi connectivity index (χ0v) is 11.6. The van der Waals surface area contributed by atoms with E-state index in [4.69, 9.17) is 16.3 Å². The number of ether oxygens (including phenoxy) is 1. The summed E-state index contributed by atoms with van der Waals surface area (Å²) in [5.74, 6) is 0.344. The summed E-state index contributed by atoms with van der Waals surface area (Å²) in [5.41, 5.74) is 0.581. The minimum atomic E-state index is -0.0914. The molecule has 1 aromatic carbocycles. The van der Waals surface area contributed by atoms with Crippen molar-refractivity contribution in [2.75, 3.05) is 19.8 Å².